The van der Waals surface area contributed by atoms with E-state index in [2.05, 4.69) is 58.3 Å². The Balaban J connectivity index is 1.17. The molecule has 6 rings (SSSR count). The molecule has 3 aromatic carbocycles. The summed E-state index contributed by atoms with van der Waals surface area (Å²) in [6.45, 7) is 5.33. The van der Waals surface area contributed by atoms with Gasteiger partial charge in [0.1, 0.15) is 0 Å². The lowest BCUT2D eigenvalue weighted by Crippen LogP contribution is -2.46. The van der Waals surface area contributed by atoms with E-state index >= 15 is 0 Å². The van der Waals surface area contributed by atoms with Gasteiger partial charge in [0.05, 0.1) is 5.69 Å². The number of ether oxygens (including phenoxy) is 2. The molecule has 0 spiro atoms. The summed E-state index contributed by atoms with van der Waals surface area (Å²) in [5, 5.41) is 0. The van der Waals surface area contributed by atoms with E-state index in [-0.39, 0.29) is 0 Å². The highest BCUT2D eigenvalue weighted by molar-refractivity contribution is 7.99. The van der Waals surface area contributed by atoms with Crippen molar-refractivity contribution in [3.63, 3.8) is 0 Å². The molecule has 0 radical (unpaired) electrons. The zero-order valence-electron chi connectivity index (χ0n) is 17.2. The van der Waals surface area contributed by atoms with E-state index < -0.39 is 0 Å². The predicted octanol–water partition coefficient (Wildman–Crippen LogP) is 4.95. The van der Waals surface area contributed by atoms with Gasteiger partial charge in [0.2, 0.25) is 6.79 Å². The summed E-state index contributed by atoms with van der Waals surface area (Å²) in [6, 6.07) is 21.2. The second-order valence-corrected chi connectivity index (χ2v) is 9.05. The Labute approximate surface area is 186 Å². The zero-order valence-corrected chi connectivity index (χ0v) is 18.0. The molecule has 3 aliphatic heterocycles. The maximum Gasteiger partial charge on any atom is 0.231 e. The van der Waals surface area contributed by atoms with E-state index in [1.54, 1.807) is 0 Å². The summed E-state index contributed by atoms with van der Waals surface area (Å²) in [4.78, 5) is 12.3. The Morgan fingerprint density at radius 3 is 2.61 bits per heavy atom. The number of rotatable bonds is 3. The molecular formula is C25H23N3O2S. The van der Waals surface area contributed by atoms with Gasteiger partial charge in [0.25, 0.3) is 0 Å². The summed E-state index contributed by atoms with van der Waals surface area (Å²) in [5.41, 5.74) is 4.83. The van der Waals surface area contributed by atoms with Crippen LogP contribution in [0.3, 0.4) is 0 Å². The van der Waals surface area contributed by atoms with Crippen molar-refractivity contribution in [3.05, 3.63) is 71.8 Å². The van der Waals surface area contributed by atoms with Gasteiger partial charge in [0, 0.05) is 60.0 Å². The van der Waals surface area contributed by atoms with Gasteiger partial charge in [-0.3, -0.25) is 9.89 Å². The van der Waals surface area contributed by atoms with Crippen molar-refractivity contribution < 1.29 is 9.47 Å². The molecule has 0 aromatic heterocycles. The number of para-hydroxylation sites is 1. The van der Waals surface area contributed by atoms with Crippen LogP contribution in [-0.2, 0) is 6.54 Å². The van der Waals surface area contributed by atoms with E-state index in [0.29, 0.717) is 6.79 Å². The second kappa shape index (κ2) is 7.94. The maximum absolute atomic E-state index is 5.53. The highest BCUT2D eigenvalue weighted by atomic mass is 32.2. The minimum Gasteiger partial charge on any atom is -0.454 e. The van der Waals surface area contributed by atoms with Gasteiger partial charge in [0.15, 0.2) is 11.5 Å². The molecule has 6 heteroatoms. The SMILES string of the molecule is C1=Nc2ccccc2Sc2cccc(N3CCN(Cc4ccc5c(c4)OCO5)CC3)c21. The van der Waals surface area contributed by atoms with E-state index in [1.807, 2.05) is 30.1 Å². The molecule has 0 bridgehead atoms. The lowest BCUT2D eigenvalue weighted by atomic mass is 10.1. The molecule has 0 N–H and O–H groups in total. The largest absolute Gasteiger partial charge is 0.454 e. The smallest absolute Gasteiger partial charge is 0.231 e. The van der Waals surface area contributed by atoms with Crippen molar-refractivity contribution in [2.45, 2.75) is 16.3 Å². The molecule has 3 heterocycles. The van der Waals surface area contributed by atoms with Crippen LogP contribution in [0.2, 0.25) is 0 Å². The Morgan fingerprint density at radius 2 is 1.68 bits per heavy atom. The van der Waals surface area contributed by atoms with Crippen LogP contribution in [0.5, 0.6) is 11.5 Å². The van der Waals surface area contributed by atoms with E-state index in [1.165, 1.54) is 26.6 Å². The predicted molar refractivity (Wildman–Crippen MR) is 124 cm³/mol. The summed E-state index contributed by atoms with van der Waals surface area (Å²) < 4.78 is 11.0. The molecule has 0 atom stereocenters. The molecule has 31 heavy (non-hydrogen) atoms. The molecule has 1 fully saturated rings. The van der Waals surface area contributed by atoms with Gasteiger partial charge in [-0.05, 0) is 42.0 Å². The third-order valence-corrected chi connectivity index (χ3v) is 7.16. The molecule has 3 aliphatic rings. The van der Waals surface area contributed by atoms with Gasteiger partial charge in [-0.2, -0.15) is 0 Å². The molecule has 1 saturated heterocycles. The normalized spacial score (nSPS) is 17.2. The third kappa shape index (κ3) is 3.66. The number of anilines is 1. The third-order valence-electron chi connectivity index (χ3n) is 6.02. The van der Waals surface area contributed by atoms with Crippen molar-refractivity contribution in [1.82, 2.24) is 4.90 Å². The Kier molecular flexibility index (Phi) is 4.81. The first-order chi connectivity index (χ1) is 15.3. The van der Waals surface area contributed by atoms with E-state index in [9.17, 15) is 0 Å². The van der Waals surface area contributed by atoms with Crippen LogP contribution >= 0.6 is 11.8 Å². The molecule has 0 amide bonds. The van der Waals surface area contributed by atoms with Gasteiger partial charge >= 0.3 is 0 Å². The van der Waals surface area contributed by atoms with Crippen molar-refractivity contribution in [2.24, 2.45) is 4.99 Å². The topological polar surface area (TPSA) is 37.3 Å². The highest BCUT2D eigenvalue weighted by Gasteiger charge is 2.22. The van der Waals surface area contributed by atoms with Crippen LogP contribution in [0.15, 0.2) is 75.4 Å². The fourth-order valence-corrected chi connectivity index (χ4v) is 5.40. The van der Waals surface area contributed by atoms with Crippen LogP contribution in [0, 0.1) is 0 Å². The molecular weight excluding hydrogens is 406 g/mol. The van der Waals surface area contributed by atoms with Crippen LogP contribution in [0.4, 0.5) is 11.4 Å². The van der Waals surface area contributed by atoms with Crippen molar-refractivity contribution in [3.8, 4) is 11.5 Å². The summed E-state index contributed by atoms with van der Waals surface area (Å²) in [6.07, 6.45) is 2.04. The number of hydrogen-bond acceptors (Lipinski definition) is 6. The van der Waals surface area contributed by atoms with E-state index in [0.717, 1.165) is 49.9 Å². The minimum absolute atomic E-state index is 0.325. The summed E-state index contributed by atoms with van der Waals surface area (Å²) in [5.74, 6) is 1.71. The van der Waals surface area contributed by atoms with Crippen molar-refractivity contribution >= 4 is 29.4 Å². The average Bonchev–Trinajstić information content (AvgIpc) is 3.18. The van der Waals surface area contributed by atoms with Gasteiger partial charge in [-0.15, -0.1) is 0 Å². The van der Waals surface area contributed by atoms with Crippen LogP contribution in [-0.4, -0.2) is 44.1 Å². The van der Waals surface area contributed by atoms with Crippen molar-refractivity contribution in [2.75, 3.05) is 37.9 Å². The standard InChI is InChI=1S/C25H23N3O2S/c1-2-6-25-20(4-1)26-15-19-21(5-3-7-24(19)31-25)28-12-10-27(11-13-28)16-18-8-9-22-23(14-18)30-17-29-22/h1-9,14-15H,10-13,16-17H2. The lowest BCUT2D eigenvalue weighted by molar-refractivity contribution is 0.174. The van der Waals surface area contributed by atoms with E-state index in [4.69, 9.17) is 14.5 Å². The molecule has 156 valence electrons. The van der Waals surface area contributed by atoms with Crippen LogP contribution < -0.4 is 14.4 Å². The Hall–Kier alpha value is -2.96. The van der Waals surface area contributed by atoms with Gasteiger partial charge < -0.3 is 14.4 Å². The lowest BCUT2D eigenvalue weighted by Gasteiger charge is -2.37. The number of aliphatic imine (C=N–C) groups is 1. The maximum atomic E-state index is 5.53. The fourth-order valence-electron chi connectivity index (χ4n) is 4.37. The first-order valence-electron chi connectivity index (χ1n) is 10.6. The van der Waals surface area contributed by atoms with Crippen LogP contribution in [0.25, 0.3) is 0 Å². The molecule has 5 nitrogen and oxygen atoms in total. The quantitative estimate of drug-likeness (QED) is 0.461. The number of hydrogen-bond donors (Lipinski definition) is 0. The molecule has 0 aliphatic carbocycles. The number of benzene rings is 3. The number of fused-ring (bicyclic) bond motifs is 3. The zero-order chi connectivity index (χ0) is 20.6. The Bertz CT molecular complexity index is 1160. The monoisotopic (exact) mass is 429 g/mol. The summed E-state index contributed by atoms with van der Waals surface area (Å²) >= 11 is 1.81. The van der Waals surface area contributed by atoms with Crippen LogP contribution in [0.1, 0.15) is 11.1 Å². The first kappa shape index (κ1) is 18.8. The van der Waals surface area contributed by atoms with Gasteiger partial charge in [-0.25, -0.2) is 0 Å². The number of nitrogens with zero attached hydrogens (tertiary/aromatic N) is 3. The molecule has 3 aromatic rings. The highest BCUT2D eigenvalue weighted by Crippen LogP contribution is 2.41. The molecule has 0 unspecified atom stereocenters. The average molecular weight is 430 g/mol. The minimum atomic E-state index is 0.325. The van der Waals surface area contributed by atoms with Crippen molar-refractivity contribution in [1.29, 1.82) is 0 Å². The second-order valence-electron chi connectivity index (χ2n) is 7.97. The number of piperazine rings is 1. The summed E-state index contributed by atoms with van der Waals surface area (Å²) in [7, 11) is 0. The Morgan fingerprint density at radius 1 is 0.839 bits per heavy atom. The fraction of sp³-hybridized carbons (Fsp3) is 0.240. The first-order valence-corrected chi connectivity index (χ1v) is 11.4. The van der Waals surface area contributed by atoms with Gasteiger partial charge in [-0.1, -0.05) is 36.0 Å². The molecule has 0 saturated carbocycles.